The molecule has 5 heteroatoms. The number of carbonyl (C=O) groups excluding carboxylic acids is 1. The van der Waals surface area contributed by atoms with Gasteiger partial charge >= 0.3 is 5.97 Å². The van der Waals surface area contributed by atoms with E-state index in [9.17, 15) is 4.79 Å². The van der Waals surface area contributed by atoms with E-state index >= 15 is 0 Å². The Labute approximate surface area is 88.6 Å². The predicted molar refractivity (Wildman–Crippen MR) is 56.5 cm³/mol. The Bertz CT molecular complexity index is 234. The molecule has 0 heterocycles. The van der Waals surface area contributed by atoms with Gasteiger partial charge in [0.2, 0.25) is 0 Å². The Morgan fingerprint density at radius 3 is 2.93 bits per heavy atom. The van der Waals surface area contributed by atoms with Crippen LogP contribution < -0.4 is 0 Å². The van der Waals surface area contributed by atoms with E-state index in [1.54, 1.807) is 13.0 Å². The van der Waals surface area contributed by atoms with Gasteiger partial charge in [-0.3, -0.25) is 0 Å². The molecule has 0 atom stereocenters. The quantitative estimate of drug-likeness (QED) is 0.211. The summed E-state index contributed by atoms with van der Waals surface area (Å²) in [5.74, 6) is -0.354. The van der Waals surface area contributed by atoms with Crippen molar-refractivity contribution >= 4 is 23.3 Å². The molecule has 0 aromatic carbocycles. The molecule has 0 bridgehead atoms. The topological polar surface area (TPSA) is 47.9 Å². The molecule has 4 nitrogen and oxygen atoms in total. The maximum atomic E-state index is 10.8. The fourth-order valence-corrected chi connectivity index (χ4v) is 0.735. The van der Waals surface area contributed by atoms with Crippen LogP contribution in [0.25, 0.3) is 0 Å². The number of allylic oxidation sites excluding steroid dienone is 1. The SMILES string of the molecule is CC=CC(=O)OCCOCCN=C=S. The average Bonchev–Trinajstić information content (AvgIpc) is 2.17. The highest BCUT2D eigenvalue weighted by Crippen LogP contribution is 1.83. The van der Waals surface area contributed by atoms with Crippen molar-refractivity contribution in [3.8, 4) is 0 Å². The third-order valence-electron chi connectivity index (χ3n) is 1.19. The maximum absolute atomic E-state index is 10.8. The van der Waals surface area contributed by atoms with Crippen LogP contribution in [0.3, 0.4) is 0 Å². The van der Waals surface area contributed by atoms with E-state index < -0.39 is 0 Å². The summed E-state index contributed by atoms with van der Waals surface area (Å²) in [5, 5.41) is 2.23. The fraction of sp³-hybridized carbons (Fsp3) is 0.556. The van der Waals surface area contributed by atoms with Crippen LogP contribution in [0.2, 0.25) is 0 Å². The Hall–Kier alpha value is -1.03. The zero-order valence-corrected chi connectivity index (χ0v) is 8.88. The van der Waals surface area contributed by atoms with Crippen LogP contribution in [0.4, 0.5) is 0 Å². The number of hydrogen-bond donors (Lipinski definition) is 0. The highest BCUT2D eigenvalue weighted by Gasteiger charge is 1.94. The minimum atomic E-state index is -0.354. The Morgan fingerprint density at radius 2 is 2.29 bits per heavy atom. The van der Waals surface area contributed by atoms with Crippen LogP contribution in [0.1, 0.15) is 6.92 Å². The molecule has 0 N–H and O–H groups in total. The summed E-state index contributed by atoms with van der Waals surface area (Å²) in [5.41, 5.74) is 0. The zero-order chi connectivity index (χ0) is 10.6. The molecule has 0 aromatic heterocycles. The number of thiocarbonyl (C=S) groups is 1. The molecule has 0 fully saturated rings. The number of esters is 1. The van der Waals surface area contributed by atoms with Crippen molar-refractivity contribution in [1.82, 2.24) is 0 Å². The number of carbonyl (C=O) groups is 1. The van der Waals surface area contributed by atoms with Gasteiger partial charge in [-0.15, -0.1) is 0 Å². The van der Waals surface area contributed by atoms with Crippen molar-refractivity contribution in [1.29, 1.82) is 0 Å². The molecular formula is C9H13NO3S. The van der Waals surface area contributed by atoms with Crippen LogP contribution in [-0.2, 0) is 14.3 Å². The molecule has 0 aliphatic heterocycles. The van der Waals surface area contributed by atoms with Gasteiger partial charge in [0.05, 0.1) is 24.9 Å². The van der Waals surface area contributed by atoms with Crippen molar-refractivity contribution in [3.63, 3.8) is 0 Å². The second kappa shape index (κ2) is 10.1. The van der Waals surface area contributed by atoms with Gasteiger partial charge in [-0.2, -0.15) is 0 Å². The minimum Gasteiger partial charge on any atom is -0.460 e. The van der Waals surface area contributed by atoms with E-state index in [0.717, 1.165) is 0 Å². The zero-order valence-electron chi connectivity index (χ0n) is 8.06. The lowest BCUT2D eigenvalue weighted by Gasteiger charge is -2.02. The molecule has 0 rings (SSSR count). The standard InChI is InChI=1S/C9H13NO3S/c1-2-3-9(11)13-7-6-12-5-4-10-8-14/h2-3H,4-7H2,1H3. The number of rotatable bonds is 7. The summed E-state index contributed by atoms with van der Waals surface area (Å²) >= 11 is 4.37. The Kier molecular flexibility index (Phi) is 9.31. The lowest BCUT2D eigenvalue weighted by atomic mass is 10.5. The van der Waals surface area contributed by atoms with Crippen molar-refractivity contribution in [2.24, 2.45) is 4.99 Å². The largest absolute Gasteiger partial charge is 0.460 e. The number of hydrogen-bond acceptors (Lipinski definition) is 5. The fourth-order valence-electron chi connectivity index (χ4n) is 0.643. The van der Waals surface area contributed by atoms with Crippen molar-refractivity contribution < 1.29 is 14.3 Å². The van der Waals surface area contributed by atoms with Crippen LogP contribution in [0, 0.1) is 0 Å². The summed E-state index contributed by atoms with van der Waals surface area (Å²) in [6, 6.07) is 0. The molecule has 0 spiro atoms. The Balaban J connectivity index is 3.21. The normalized spacial score (nSPS) is 9.79. The predicted octanol–water partition coefficient (Wildman–Crippen LogP) is 1.23. The van der Waals surface area contributed by atoms with Gasteiger partial charge in [0.25, 0.3) is 0 Å². The first-order chi connectivity index (χ1) is 6.81. The molecule has 78 valence electrons. The average molecular weight is 215 g/mol. The molecule has 0 saturated carbocycles. The van der Waals surface area contributed by atoms with E-state index in [4.69, 9.17) is 9.47 Å². The minimum absolute atomic E-state index is 0.254. The smallest absolute Gasteiger partial charge is 0.330 e. The number of ether oxygens (including phenoxy) is 2. The van der Waals surface area contributed by atoms with E-state index in [1.807, 2.05) is 0 Å². The van der Waals surface area contributed by atoms with Crippen LogP contribution in [-0.4, -0.2) is 37.5 Å². The van der Waals surface area contributed by atoms with Gasteiger partial charge in [-0.1, -0.05) is 6.08 Å². The molecule has 0 saturated heterocycles. The molecule has 0 radical (unpaired) electrons. The second-order valence-electron chi connectivity index (χ2n) is 2.25. The second-order valence-corrected chi connectivity index (χ2v) is 2.44. The highest BCUT2D eigenvalue weighted by molar-refractivity contribution is 7.78. The van der Waals surface area contributed by atoms with E-state index in [-0.39, 0.29) is 12.6 Å². The van der Waals surface area contributed by atoms with Crippen molar-refractivity contribution in [2.45, 2.75) is 6.92 Å². The lowest BCUT2D eigenvalue weighted by molar-refractivity contribution is -0.139. The summed E-state index contributed by atoms with van der Waals surface area (Å²) in [6.45, 7) is 3.33. The molecule has 0 aliphatic carbocycles. The van der Waals surface area contributed by atoms with E-state index in [1.165, 1.54) is 6.08 Å². The third-order valence-corrected chi connectivity index (χ3v) is 1.32. The molecule has 0 unspecified atom stereocenters. The number of nitrogens with zero attached hydrogens (tertiary/aromatic N) is 1. The van der Waals surface area contributed by atoms with Gasteiger partial charge < -0.3 is 9.47 Å². The van der Waals surface area contributed by atoms with Gasteiger partial charge in [-0.25, -0.2) is 9.79 Å². The molecule has 0 aromatic rings. The molecule has 14 heavy (non-hydrogen) atoms. The van der Waals surface area contributed by atoms with Gasteiger partial charge in [0, 0.05) is 6.08 Å². The van der Waals surface area contributed by atoms with Crippen LogP contribution in [0.15, 0.2) is 17.1 Å². The first kappa shape index (κ1) is 13.0. The number of aliphatic imine (C=N–C) groups is 1. The first-order valence-electron chi connectivity index (χ1n) is 4.22. The van der Waals surface area contributed by atoms with Crippen molar-refractivity contribution in [2.75, 3.05) is 26.4 Å². The van der Waals surface area contributed by atoms with Crippen LogP contribution in [0.5, 0.6) is 0 Å². The molecule has 0 aliphatic rings. The summed E-state index contributed by atoms with van der Waals surface area (Å²) in [4.78, 5) is 14.4. The van der Waals surface area contributed by atoms with Crippen LogP contribution >= 0.6 is 12.2 Å². The Morgan fingerprint density at radius 1 is 1.50 bits per heavy atom. The molecular weight excluding hydrogens is 202 g/mol. The highest BCUT2D eigenvalue weighted by atomic mass is 32.1. The van der Waals surface area contributed by atoms with E-state index in [0.29, 0.717) is 19.8 Å². The lowest BCUT2D eigenvalue weighted by Crippen LogP contribution is -2.09. The van der Waals surface area contributed by atoms with Gasteiger partial charge in [0.1, 0.15) is 6.61 Å². The summed E-state index contributed by atoms with van der Waals surface area (Å²) in [7, 11) is 0. The van der Waals surface area contributed by atoms with Gasteiger partial charge in [-0.05, 0) is 19.1 Å². The van der Waals surface area contributed by atoms with E-state index in [2.05, 4.69) is 22.4 Å². The number of isothiocyanates is 1. The van der Waals surface area contributed by atoms with Gasteiger partial charge in [0.15, 0.2) is 0 Å². The third kappa shape index (κ3) is 9.06. The maximum Gasteiger partial charge on any atom is 0.330 e. The summed E-state index contributed by atoms with van der Waals surface area (Å²) < 4.78 is 9.85. The monoisotopic (exact) mass is 215 g/mol. The summed E-state index contributed by atoms with van der Waals surface area (Å²) in [6.07, 6.45) is 2.98. The molecule has 0 amide bonds. The van der Waals surface area contributed by atoms with Crippen molar-refractivity contribution in [3.05, 3.63) is 12.2 Å². The first-order valence-corrected chi connectivity index (χ1v) is 4.63.